The van der Waals surface area contributed by atoms with Crippen LogP contribution in [0.25, 0.3) is 0 Å². The SMILES string of the molecule is COc1ccc(COC[C@H](O)CNC(=O)c2cc(C)sc2C)cc1. The van der Waals surface area contributed by atoms with Crippen LogP contribution in [0.15, 0.2) is 30.3 Å². The summed E-state index contributed by atoms with van der Waals surface area (Å²) in [5, 5.41) is 12.7. The van der Waals surface area contributed by atoms with E-state index in [0.29, 0.717) is 12.2 Å². The third kappa shape index (κ3) is 5.33. The van der Waals surface area contributed by atoms with Crippen molar-refractivity contribution in [2.45, 2.75) is 26.6 Å². The van der Waals surface area contributed by atoms with Crippen LogP contribution in [0.3, 0.4) is 0 Å². The zero-order valence-electron chi connectivity index (χ0n) is 14.2. The molecule has 0 spiro atoms. The van der Waals surface area contributed by atoms with Crippen LogP contribution in [0.5, 0.6) is 5.75 Å². The Morgan fingerprint density at radius 2 is 2.00 bits per heavy atom. The number of aliphatic hydroxyl groups excluding tert-OH is 1. The van der Waals surface area contributed by atoms with E-state index in [-0.39, 0.29) is 19.1 Å². The molecule has 24 heavy (non-hydrogen) atoms. The maximum Gasteiger partial charge on any atom is 0.252 e. The molecule has 1 atom stereocenters. The van der Waals surface area contributed by atoms with Crippen LogP contribution >= 0.6 is 11.3 Å². The number of thiophene rings is 1. The Labute approximate surface area is 146 Å². The molecule has 0 saturated carbocycles. The van der Waals surface area contributed by atoms with Crippen LogP contribution in [0, 0.1) is 13.8 Å². The molecule has 2 N–H and O–H groups in total. The van der Waals surface area contributed by atoms with Gasteiger partial charge < -0.3 is 19.9 Å². The quantitative estimate of drug-likeness (QED) is 0.769. The minimum Gasteiger partial charge on any atom is -0.497 e. The summed E-state index contributed by atoms with van der Waals surface area (Å²) in [5.74, 6) is 0.631. The van der Waals surface area contributed by atoms with Crippen molar-refractivity contribution in [2.75, 3.05) is 20.3 Å². The van der Waals surface area contributed by atoms with Crippen molar-refractivity contribution in [1.29, 1.82) is 0 Å². The van der Waals surface area contributed by atoms with Gasteiger partial charge in [-0.05, 0) is 37.6 Å². The Hall–Kier alpha value is -1.89. The zero-order valence-corrected chi connectivity index (χ0v) is 15.0. The van der Waals surface area contributed by atoms with E-state index in [2.05, 4.69) is 5.32 Å². The van der Waals surface area contributed by atoms with Gasteiger partial charge in [0.15, 0.2) is 0 Å². The number of rotatable bonds is 8. The lowest BCUT2D eigenvalue weighted by Gasteiger charge is -2.12. The van der Waals surface area contributed by atoms with Gasteiger partial charge in [-0.1, -0.05) is 12.1 Å². The minimum atomic E-state index is -0.743. The zero-order chi connectivity index (χ0) is 17.5. The summed E-state index contributed by atoms with van der Waals surface area (Å²) in [6, 6.07) is 9.41. The summed E-state index contributed by atoms with van der Waals surface area (Å²) < 4.78 is 10.6. The highest BCUT2D eigenvalue weighted by Crippen LogP contribution is 2.20. The highest BCUT2D eigenvalue weighted by Gasteiger charge is 2.13. The van der Waals surface area contributed by atoms with E-state index in [9.17, 15) is 9.90 Å². The van der Waals surface area contributed by atoms with Crippen molar-refractivity contribution in [3.8, 4) is 5.75 Å². The molecular weight excluding hydrogens is 326 g/mol. The van der Waals surface area contributed by atoms with Crippen LogP contribution in [0.2, 0.25) is 0 Å². The molecule has 130 valence electrons. The fourth-order valence-electron chi connectivity index (χ4n) is 2.26. The van der Waals surface area contributed by atoms with Crippen molar-refractivity contribution >= 4 is 17.2 Å². The number of benzene rings is 1. The highest BCUT2D eigenvalue weighted by molar-refractivity contribution is 7.12. The lowest BCUT2D eigenvalue weighted by Crippen LogP contribution is -2.34. The van der Waals surface area contributed by atoms with Gasteiger partial charge >= 0.3 is 0 Å². The summed E-state index contributed by atoms with van der Waals surface area (Å²) in [5.41, 5.74) is 1.67. The largest absolute Gasteiger partial charge is 0.497 e. The second-order valence-corrected chi connectivity index (χ2v) is 7.01. The average molecular weight is 349 g/mol. The van der Waals surface area contributed by atoms with Gasteiger partial charge in [-0.2, -0.15) is 0 Å². The van der Waals surface area contributed by atoms with Gasteiger partial charge in [0.25, 0.3) is 5.91 Å². The number of hydrogen-bond donors (Lipinski definition) is 2. The number of ether oxygens (including phenoxy) is 2. The minimum absolute atomic E-state index is 0.161. The molecule has 0 saturated heterocycles. The molecule has 2 aromatic rings. The van der Waals surface area contributed by atoms with Crippen molar-refractivity contribution < 1.29 is 19.4 Å². The Bertz CT molecular complexity index is 666. The summed E-state index contributed by atoms with van der Waals surface area (Å²) in [6.45, 7) is 4.61. The van der Waals surface area contributed by atoms with Crippen LogP contribution in [0.1, 0.15) is 25.7 Å². The van der Waals surface area contributed by atoms with Gasteiger partial charge in [-0.25, -0.2) is 0 Å². The van der Waals surface area contributed by atoms with E-state index in [4.69, 9.17) is 9.47 Å². The number of carbonyl (C=O) groups excluding carboxylic acids is 1. The number of carbonyl (C=O) groups is 1. The molecule has 0 fully saturated rings. The monoisotopic (exact) mass is 349 g/mol. The normalized spacial score (nSPS) is 12.0. The van der Waals surface area contributed by atoms with E-state index in [1.165, 1.54) is 0 Å². The van der Waals surface area contributed by atoms with Crippen molar-refractivity contribution in [1.82, 2.24) is 5.32 Å². The number of aliphatic hydroxyl groups is 1. The third-order valence-corrected chi connectivity index (χ3v) is 4.49. The molecule has 6 heteroatoms. The van der Waals surface area contributed by atoms with Crippen molar-refractivity contribution in [3.05, 3.63) is 51.2 Å². The van der Waals surface area contributed by atoms with E-state index < -0.39 is 6.10 Å². The number of nitrogens with one attached hydrogen (secondary N) is 1. The van der Waals surface area contributed by atoms with Crippen LogP contribution < -0.4 is 10.1 Å². The van der Waals surface area contributed by atoms with Crippen LogP contribution in [0.4, 0.5) is 0 Å². The topological polar surface area (TPSA) is 67.8 Å². The highest BCUT2D eigenvalue weighted by atomic mass is 32.1. The number of amides is 1. The van der Waals surface area contributed by atoms with Gasteiger partial charge in [-0.15, -0.1) is 11.3 Å². The lowest BCUT2D eigenvalue weighted by molar-refractivity contribution is 0.0285. The van der Waals surface area contributed by atoms with E-state index in [0.717, 1.165) is 21.1 Å². The lowest BCUT2D eigenvalue weighted by atomic mass is 10.2. The maximum absolute atomic E-state index is 12.1. The molecule has 0 aliphatic heterocycles. The van der Waals surface area contributed by atoms with Crippen LogP contribution in [-0.4, -0.2) is 37.4 Å². The predicted octanol–water partition coefficient (Wildman–Crippen LogP) is 2.68. The van der Waals surface area contributed by atoms with Crippen molar-refractivity contribution in [2.24, 2.45) is 0 Å². The molecule has 2 rings (SSSR count). The molecule has 0 unspecified atom stereocenters. The van der Waals surface area contributed by atoms with Gasteiger partial charge in [0.2, 0.25) is 0 Å². The van der Waals surface area contributed by atoms with Crippen molar-refractivity contribution in [3.63, 3.8) is 0 Å². The van der Waals surface area contributed by atoms with E-state index in [1.807, 2.05) is 44.2 Å². The molecule has 0 aliphatic carbocycles. The number of aryl methyl sites for hydroxylation is 2. The molecular formula is C18H23NO4S. The number of hydrogen-bond acceptors (Lipinski definition) is 5. The van der Waals surface area contributed by atoms with Gasteiger partial charge in [0.05, 0.1) is 32.0 Å². The molecule has 0 bridgehead atoms. The molecule has 0 aliphatic rings. The predicted molar refractivity (Wildman–Crippen MR) is 94.8 cm³/mol. The summed E-state index contributed by atoms with van der Waals surface area (Å²) in [7, 11) is 1.62. The Kier molecular flexibility index (Phi) is 6.78. The first-order chi connectivity index (χ1) is 11.5. The fraction of sp³-hybridized carbons (Fsp3) is 0.389. The smallest absolute Gasteiger partial charge is 0.252 e. The Morgan fingerprint density at radius 1 is 1.29 bits per heavy atom. The Morgan fingerprint density at radius 3 is 2.58 bits per heavy atom. The molecule has 1 aromatic heterocycles. The van der Waals surface area contributed by atoms with Gasteiger partial charge in [0, 0.05) is 16.3 Å². The summed E-state index contributed by atoms with van der Waals surface area (Å²) in [6.07, 6.45) is -0.743. The fourth-order valence-corrected chi connectivity index (χ4v) is 3.18. The molecule has 5 nitrogen and oxygen atoms in total. The molecule has 1 heterocycles. The van der Waals surface area contributed by atoms with Gasteiger partial charge in [0.1, 0.15) is 5.75 Å². The molecule has 1 aromatic carbocycles. The summed E-state index contributed by atoms with van der Waals surface area (Å²) in [4.78, 5) is 14.2. The standard InChI is InChI=1S/C18H23NO4S/c1-12-8-17(13(2)24-12)18(21)19-9-15(20)11-23-10-14-4-6-16(22-3)7-5-14/h4-8,15,20H,9-11H2,1-3H3,(H,19,21)/t15-/m1/s1. The Balaban J connectivity index is 1.70. The third-order valence-electron chi connectivity index (χ3n) is 3.52. The van der Waals surface area contributed by atoms with Gasteiger partial charge in [-0.3, -0.25) is 4.79 Å². The first-order valence-corrected chi connectivity index (χ1v) is 8.55. The summed E-state index contributed by atoms with van der Waals surface area (Å²) >= 11 is 1.59. The van der Waals surface area contributed by atoms with E-state index in [1.54, 1.807) is 18.4 Å². The average Bonchev–Trinajstić information content (AvgIpc) is 2.92. The molecule has 1 amide bonds. The number of methoxy groups -OCH3 is 1. The molecule has 0 radical (unpaired) electrons. The first-order valence-electron chi connectivity index (χ1n) is 7.73. The second-order valence-electron chi connectivity index (χ2n) is 5.55. The van der Waals surface area contributed by atoms with E-state index >= 15 is 0 Å². The first kappa shape index (κ1) is 18.4. The van der Waals surface area contributed by atoms with Crippen LogP contribution in [-0.2, 0) is 11.3 Å². The maximum atomic E-state index is 12.1. The second kappa shape index (κ2) is 8.82.